The van der Waals surface area contributed by atoms with Gasteiger partial charge in [-0.05, 0) is 22.9 Å². The molecular formula is C10H14BrN3O3. The standard InChI is InChI=1S/C10H14BrN3O3/c1-6-10(16,2-3-17-6)5-12-7-4-13-14-9(15)8(7)11/h4,6,16H,2-3,5H2,1H3,(H2,12,14,15). The monoisotopic (exact) mass is 303 g/mol. The second-order valence-electron chi connectivity index (χ2n) is 4.15. The molecule has 2 unspecified atom stereocenters. The second kappa shape index (κ2) is 4.75. The van der Waals surface area contributed by atoms with Crippen molar-refractivity contribution in [2.45, 2.75) is 25.0 Å². The minimum Gasteiger partial charge on any atom is -0.385 e. The number of aromatic amines is 1. The molecule has 1 aromatic rings. The summed E-state index contributed by atoms with van der Waals surface area (Å²) in [6.45, 7) is 2.70. The lowest BCUT2D eigenvalue weighted by molar-refractivity contribution is -0.0176. The number of ether oxygens (including phenoxy) is 1. The number of halogens is 1. The van der Waals surface area contributed by atoms with Crippen LogP contribution in [0, 0.1) is 0 Å². The van der Waals surface area contributed by atoms with Gasteiger partial charge in [0.15, 0.2) is 0 Å². The summed E-state index contributed by atoms with van der Waals surface area (Å²) in [6, 6.07) is 0. The predicted molar refractivity (Wildman–Crippen MR) is 66.0 cm³/mol. The molecule has 0 radical (unpaired) electrons. The first-order valence-corrected chi connectivity index (χ1v) is 6.13. The Morgan fingerprint density at radius 2 is 2.59 bits per heavy atom. The van der Waals surface area contributed by atoms with Gasteiger partial charge in [-0.1, -0.05) is 0 Å². The number of anilines is 1. The zero-order valence-corrected chi connectivity index (χ0v) is 11.0. The molecule has 0 saturated carbocycles. The number of rotatable bonds is 3. The maximum absolute atomic E-state index is 11.3. The van der Waals surface area contributed by atoms with Crippen molar-refractivity contribution in [1.82, 2.24) is 10.2 Å². The van der Waals surface area contributed by atoms with Crippen molar-refractivity contribution in [1.29, 1.82) is 0 Å². The molecule has 0 spiro atoms. The quantitative estimate of drug-likeness (QED) is 0.756. The predicted octanol–water partition coefficient (Wildman–Crippen LogP) is 0.484. The molecule has 1 saturated heterocycles. The first-order chi connectivity index (χ1) is 8.03. The van der Waals surface area contributed by atoms with E-state index in [1.54, 1.807) is 0 Å². The Balaban J connectivity index is 2.07. The van der Waals surface area contributed by atoms with Gasteiger partial charge < -0.3 is 15.2 Å². The molecule has 1 aliphatic rings. The van der Waals surface area contributed by atoms with Crippen LogP contribution in [0.4, 0.5) is 5.69 Å². The third-order valence-corrected chi connectivity index (χ3v) is 3.83. The van der Waals surface area contributed by atoms with Gasteiger partial charge in [-0.25, -0.2) is 5.10 Å². The van der Waals surface area contributed by atoms with Crippen molar-refractivity contribution < 1.29 is 9.84 Å². The van der Waals surface area contributed by atoms with Crippen LogP contribution in [-0.2, 0) is 4.74 Å². The average Bonchev–Trinajstić information content (AvgIpc) is 2.62. The molecule has 2 heterocycles. The SMILES string of the molecule is CC1OCCC1(O)CNc1cn[nH]c(=O)c1Br. The van der Waals surface area contributed by atoms with Crippen LogP contribution >= 0.6 is 15.9 Å². The fourth-order valence-electron chi connectivity index (χ4n) is 1.76. The Morgan fingerprint density at radius 1 is 1.82 bits per heavy atom. The van der Waals surface area contributed by atoms with Crippen LogP contribution in [0.2, 0.25) is 0 Å². The van der Waals surface area contributed by atoms with Gasteiger partial charge in [0.25, 0.3) is 5.56 Å². The van der Waals surface area contributed by atoms with E-state index in [4.69, 9.17) is 4.74 Å². The zero-order valence-electron chi connectivity index (χ0n) is 9.36. The van der Waals surface area contributed by atoms with Gasteiger partial charge in [0.2, 0.25) is 0 Å². The van der Waals surface area contributed by atoms with Gasteiger partial charge in [0.1, 0.15) is 10.1 Å². The smallest absolute Gasteiger partial charge is 0.280 e. The number of nitrogens with one attached hydrogen (secondary N) is 2. The summed E-state index contributed by atoms with van der Waals surface area (Å²) < 4.78 is 5.70. The third-order valence-electron chi connectivity index (χ3n) is 3.04. The highest BCUT2D eigenvalue weighted by Gasteiger charge is 2.39. The molecule has 0 aliphatic carbocycles. The maximum Gasteiger partial charge on any atom is 0.280 e. The third kappa shape index (κ3) is 2.51. The summed E-state index contributed by atoms with van der Waals surface area (Å²) in [5.41, 5.74) is -0.652. The first kappa shape index (κ1) is 12.5. The van der Waals surface area contributed by atoms with Gasteiger partial charge in [0.05, 0.1) is 18.0 Å². The van der Waals surface area contributed by atoms with E-state index in [1.807, 2.05) is 6.92 Å². The minimum absolute atomic E-state index is 0.219. The first-order valence-electron chi connectivity index (χ1n) is 5.34. The molecule has 0 amide bonds. The van der Waals surface area contributed by atoms with Crippen molar-refractivity contribution in [2.75, 3.05) is 18.5 Å². The molecule has 2 rings (SSSR count). The zero-order chi connectivity index (χ0) is 12.5. The molecule has 94 valence electrons. The molecule has 1 aliphatic heterocycles. The Morgan fingerprint density at radius 3 is 3.24 bits per heavy atom. The molecule has 7 heteroatoms. The highest BCUT2D eigenvalue weighted by molar-refractivity contribution is 9.10. The van der Waals surface area contributed by atoms with Crippen molar-refractivity contribution in [2.24, 2.45) is 0 Å². The van der Waals surface area contributed by atoms with E-state index in [9.17, 15) is 9.90 Å². The lowest BCUT2D eigenvalue weighted by Gasteiger charge is -2.26. The molecule has 1 aromatic heterocycles. The second-order valence-corrected chi connectivity index (χ2v) is 4.94. The molecule has 3 N–H and O–H groups in total. The summed E-state index contributed by atoms with van der Waals surface area (Å²) in [4.78, 5) is 11.3. The Bertz CT molecular complexity index is 464. The number of aliphatic hydroxyl groups is 1. The Hall–Kier alpha value is -0.920. The van der Waals surface area contributed by atoms with Crippen LogP contribution in [0.3, 0.4) is 0 Å². The van der Waals surface area contributed by atoms with Crippen molar-refractivity contribution in [3.8, 4) is 0 Å². The number of nitrogens with zero attached hydrogens (tertiary/aromatic N) is 1. The number of H-pyrrole nitrogens is 1. The fourth-order valence-corrected chi connectivity index (χ4v) is 2.09. The normalized spacial score (nSPS) is 28.3. The van der Waals surface area contributed by atoms with Gasteiger partial charge in [0, 0.05) is 19.6 Å². The van der Waals surface area contributed by atoms with Gasteiger partial charge >= 0.3 is 0 Å². The van der Waals surface area contributed by atoms with E-state index in [0.717, 1.165) is 0 Å². The molecule has 2 atom stereocenters. The van der Waals surface area contributed by atoms with E-state index in [2.05, 4.69) is 31.4 Å². The van der Waals surface area contributed by atoms with E-state index in [0.29, 0.717) is 29.7 Å². The molecular weight excluding hydrogens is 290 g/mol. The van der Waals surface area contributed by atoms with E-state index in [-0.39, 0.29) is 11.7 Å². The molecule has 0 bridgehead atoms. The fraction of sp³-hybridized carbons (Fsp3) is 0.600. The topological polar surface area (TPSA) is 87.2 Å². The summed E-state index contributed by atoms with van der Waals surface area (Å²) >= 11 is 3.16. The lowest BCUT2D eigenvalue weighted by atomic mass is 9.97. The van der Waals surface area contributed by atoms with Crippen LogP contribution in [0.1, 0.15) is 13.3 Å². The van der Waals surface area contributed by atoms with Crippen molar-refractivity contribution in [3.63, 3.8) is 0 Å². The van der Waals surface area contributed by atoms with Gasteiger partial charge in [-0.3, -0.25) is 4.79 Å². The summed E-state index contributed by atoms with van der Waals surface area (Å²) in [6.07, 6.45) is 1.86. The average molecular weight is 304 g/mol. The largest absolute Gasteiger partial charge is 0.385 e. The number of hydrogen-bond acceptors (Lipinski definition) is 5. The summed E-state index contributed by atoms with van der Waals surface area (Å²) in [7, 11) is 0. The Labute approximate surface area is 107 Å². The lowest BCUT2D eigenvalue weighted by Crippen LogP contribution is -2.43. The Kier molecular flexibility index (Phi) is 3.50. The van der Waals surface area contributed by atoms with Crippen LogP contribution in [0.15, 0.2) is 15.5 Å². The van der Waals surface area contributed by atoms with Crippen LogP contribution in [0.25, 0.3) is 0 Å². The van der Waals surface area contributed by atoms with Crippen LogP contribution in [-0.4, -0.2) is 40.2 Å². The summed E-state index contributed by atoms with van der Waals surface area (Å²) in [5, 5.41) is 19.3. The highest BCUT2D eigenvalue weighted by Crippen LogP contribution is 2.26. The van der Waals surface area contributed by atoms with Gasteiger partial charge in [-0.15, -0.1) is 0 Å². The maximum atomic E-state index is 11.3. The van der Waals surface area contributed by atoms with Crippen molar-refractivity contribution in [3.05, 3.63) is 21.0 Å². The molecule has 17 heavy (non-hydrogen) atoms. The molecule has 1 fully saturated rings. The highest BCUT2D eigenvalue weighted by atomic mass is 79.9. The van der Waals surface area contributed by atoms with Gasteiger partial charge in [-0.2, -0.15) is 5.10 Å². The minimum atomic E-state index is -0.901. The van der Waals surface area contributed by atoms with Crippen LogP contribution in [0.5, 0.6) is 0 Å². The van der Waals surface area contributed by atoms with Crippen molar-refractivity contribution >= 4 is 21.6 Å². The molecule has 0 aromatic carbocycles. The van der Waals surface area contributed by atoms with Crippen LogP contribution < -0.4 is 10.9 Å². The van der Waals surface area contributed by atoms with E-state index in [1.165, 1.54) is 6.20 Å². The summed E-state index contributed by atoms with van der Waals surface area (Å²) in [5.74, 6) is 0. The van der Waals surface area contributed by atoms with E-state index >= 15 is 0 Å². The number of aromatic nitrogens is 2. The number of hydrogen-bond donors (Lipinski definition) is 3. The molecule has 6 nitrogen and oxygen atoms in total. The van der Waals surface area contributed by atoms with E-state index < -0.39 is 5.60 Å².